The minimum atomic E-state index is -4.63. The van der Waals surface area contributed by atoms with Gasteiger partial charge in [0, 0.05) is 51.2 Å². The molecular formula is C28H29F3N4O4. The number of nitrogens with zero attached hydrogens (tertiary/aromatic N) is 4. The van der Waals surface area contributed by atoms with E-state index in [1.807, 2.05) is 6.07 Å². The fraction of sp³-hybridized carbons (Fsp3) is 0.357. The lowest BCUT2D eigenvalue weighted by molar-refractivity contribution is -0.137. The zero-order chi connectivity index (χ0) is 29.1. The topological polar surface area (TPSA) is 94.0 Å². The Kier molecular flexibility index (Phi) is 8.81. The summed E-state index contributed by atoms with van der Waals surface area (Å²) in [4.78, 5) is 43.8. The molecule has 3 amide bonds. The van der Waals surface area contributed by atoms with Crippen LogP contribution in [0.25, 0.3) is 0 Å². The number of ketones is 1. The summed E-state index contributed by atoms with van der Waals surface area (Å²) in [6, 6.07) is 9.02. The van der Waals surface area contributed by atoms with Crippen LogP contribution in [0.5, 0.6) is 0 Å². The zero-order valence-corrected chi connectivity index (χ0v) is 22.3. The number of methoxy groups -OCH3 is 1. The van der Waals surface area contributed by atoms with Crippen LogP contribution < -0.4 is 4.90 Å². The minimum Gasteiger partial charge on any atom is -0.385 e. The van der Waals surface area contributed by atoms with Crippen LogP contribution in [0.1, 0.15) is 53.4 Å². The van der Waals surface area contributed by atoms with Crippen LogP contribution in [0.2, 0.25) is 0 Å². The molecule has 39 heavy (non-hydrogen) atoms. The molecule has 0 N–H and O–H groups in total. The largest absolute Gasteiger partial charge is 0.416 e. The van der Waals surface area contributed by atoms with E-state index in [9.17, 15) is 32.8 Å². The molecule has 2 aromatic rings. The van der Waals surface area contributed by atoms with E-state index in [-0.39, 0.29) is 28.1 Å². The van der Waals surface area contributed by atoms with Crippen molar-refractivity contribution >= 4 is 23.4 Å². The highest BCUT2D eigenvalue weighted by atomic mass is 19.4. The molecule has 0 bridgehead atoms. The number of carbonyl (C=O) groups is 3. The Hall–Kier alpha value is -4.17. The number of alkyl halides is 3. The first-order chi connectivity index (χ1) is 18.3. The molecule has 3 rings (SSSR count). The molecule has 1 heterocycles. The van der Waals surface area contributed by atoms with Crippen LogP contribution in [-0.2, 0) is 15.7 Å². The van der Waals surface area contributed by atoms with Gasteiger partial charge in [-0.15, -0.1) is 0 Å². The number of halogens is 3. The van der Waals surface area contributed by atoms with E-state index in [0.717, 1.165) is 17.0 Å². The lowest BCUT2D eigenvalue weighted by atomic mass is 9.87. The molecule has 11 heteroatoms. The molecule has 0 aromatic heterocycles. The Morgan fingerprint density at radius 2 is 1.87 bits per heavy atom. The van der Waals surface area contributed by atoms with Gasteiger partial charge in [-0.3, -0.25) is 14.5 Å². The average Bonchev–Trinajstić information content (AvgIpc) is 2.89. The number of amides is 3. The monoisotopic (exact) mass is 542 g/mol. The van der Waals surface area contributed by atoms with Gasteiger partial charge in [0.05, 0.1) is 28.9 Å². The van der Waals surface area contributed by atoms with Crippen molar-refractivity contribution in [3.8, 4) is 6.07 Å². The molecule has 0 fully saturated rings. The van der Waals surface area contributed by atoms with Gasteiger partial charge in [0.25, 0.3) is 5.91 Å². The van der Waals surface area contributed by atoms with E-state index in [4.69, 9.17) is 4.74 Å². The molecule has 0 saturated carbocycles. The number of hydrogen-bond donors (Lipinski definition) is 0. The molecule has 8 nitrogen and oxygen atoms in total. The predicted molar refractivity (Wildman–Crippen MR) is 138 cm³/mol. The maximum atomic E-state index is 13.6. The summed E-state index contributed by atoms with van der Waals surface area (Å²) in [5.41, 5.74) is -0.0368. The second-order valence-corrected chi connectivity index (χ2v) is 9.22. The van der Waals surface area contributed by atoms with Gasteiger partial charge in [-0.2, -0.15) is 18.4 Å². The summed E-state index contributed by atoms with van der Waals surface area (Å²) in [7, 11) is 4.56. The number of anilines is 1. The number of Topliss-reactive ketones (excluding diaryl/α,β-unsaturated/α-hetero) is 1. The number of benzene rings is 2. The van der Waals surface area contributed by atoms with Crippen LogP contribution >= 0.6 is 0 Å². The fourth-order valence-electron chi connectivity index (χ4n) is 4.66. The number of rotatable bonds is 8. The fourth-order valence-corrected chi connectivity index (χ4v) is 4.66. The Morgan fingerprint density at radius 3 is 2.46 bits per heavy atom. The molecule has 1 aliphatic heterocycles. The number of nitriles is 1. The van der Waals surface area contributed by atoms with Crippen LogP contribution in [-0.4, -0.2) is 61.9 Å². The number of ether oxygens (including phenoxy) is 1. The van der Waals surface area contributed by atoms with Crippen molar-refractivity contribution in [1.29, 1.82) is 5.26 Å². The number of allylic oxidation sites excluding steroid dienone is 1. The summed E-state index contributed by atoms with van der Waals surface area (Å²) in [6.45, 7) is 3.57. The van der Waals surface area contributed by atoms with Gasteiger partial charge in [0.2, 0.25) is 0 Å². The molecule has 1 unspecified atom stereocenters. The van der Waals surface area contributed by atoms with Gasteiger partial charge in [-0.25, -0.2) is 4.79 Å². The first kappa shape index (κ1) is 29.4. The molecule has 0 aliphatic carbocycles. The number of hydrogen-bond acceptors (Lipinski definition) is 5. The summed E-state index contributed by atoms with van der Waals surface area (Å²) in [5.74, 6) is -0.843. The summed E-state index contributed by atoms with van der Waals surface area (Å²) in [6.07, 6.45) is -4.06. The zero-order valence-electron chi connectivity index (χ0n) is 22.3. The third-order valence-electron chi connectivity index (χ3n) is 6.59. The normalized spacial score (nSPS) is 15.9. The van der Waals surface area contributed by atoms with Crippen LogP contribution in [0.15, 0.2) is 53.7 Å². The van der Waals surface area contributed by atoms with Crippen molar-refractivity contribution in [2.45, 2.75) is 32.5 Å². The molecule has 206 valence electrons. The molecular weight excluding hydrogens is 513 g/mol. The van der Waals surface area contributed by atoms with Crippen LogP contribution in [0.3, 0.4) is 0 Å². The lowest BCUT2D eigenvalue weighted by Gasteiger charge is -2.42. The number of urea groups is 1. The molecule has 0 radical (unpaired) electrons. The number of likely N-dealkylation sites (N-methyl/N-ethyl adjacent to an activating group) is 1. The van der Waals surface area contributed by atoms with Gasteiger partial charge >= 0.3 is 12.2 Å². The average molecular weight is 543 g/mol. The highest BCUT2D eigenvalue weighted by molar-refractivity contribution is 6.06. The van der Waals surface area contributed by atoms with E-state index >= 15 is 0 Å². The van der Waals surface area contributed by atoms with E-state index in [1.165, 1.54) is 61.0 Å². The van der Waals surface area contributed by atoms with Gasteiger partial charge in [-0.1, -0.05) is 12.1 Å². The molecule has 1 atom stereocenters. The van der Waals surface area contributed by atoms with Crippen molar-refractivity contribution in [3.05, 3.63) is 76.0 Å². The van der Waals surface area contributed by atoms with Crippen molar-refractivity contribution in [1.82, 2.24) is 9.80 Å². The smallest absolute Gasteiger partial charge is 0.385 e. The lowest BCUT2D eigenvalue weighted by Crippen LogP contribution is -2.49. The second kappa shape index (κ2) is 11.7. The maximum absolute atomic E-state index is 13.6. The van der Waals surface area contributed by atoms with E-state index < -0.39 is 35.5 Å². The summed E-state index contributed by atoms with van der Waals surface area (Å²) < 4.78 is 45.2. The van der Waals surface area contributed by atoms with Gasteiger partial charge in [0.1, 0.15) is 0 Å². The van der Waals surface area contributed by atoms with Crippen LogP contribution in [0.4, 0.5) is 23.7 Å². The molecule has 0 saturated heterocycles. The van der Waals surface area contributed by atoms with Crippen molar-refractivity contribution in [3.63, 3.8) is 0 Å². The Labute approximate surface area is 224 Å². The quantitative estimate of drug-likeness (QED) is 0.430. The van der Waals surface area contributed by atoms with Gasteiger partial charge < -0.3 is 14.5 Å². The molecule has 2 aromatic carbocycles. The minimum absolute atomic E-state index is 0.0506. The first-order valence-electron chi connectivity index (χ1n) is 12.1. The Balaban J connectivity index is 2.19. The van der Waals surface area contributed by atoms with Crippen LogP contribution in [0, 0.1) is 11.3 Å². The molecule has 0 spiro atoms. The summed E-state index contributed by atoms with van der Waals surface area (Å²) >= 11 is 0. The van der Waals surface area contributed by atoms with Gasteiger partial charge in [-0.05, 0) is 56.2 Å². The van der Waals surface area contributed by atoms with Crippen molar-refractivity contribution in [2.24, 2.45) is 0 Å². The third kappa shape index (κ3) is 5.96. The van der Waals surface area contributed by atoms with E-state index in [0.29, 0.717) is 25.1 Å². The van der Waals surface area contributed by atoms with Gasteiger partial charge in [0.15, 0.2) is 5.78 Å². The van der Waals surface area contributed by atoms with E-state index in [1.54, 1.807) is 14.2 Å². The molecule has 1 aliphatic rings. The standard InChI is InChI=1S/C28H29F3N4O4/c1-17-24(18(2)36)25(34(4)27(38)35(17)21-9-6-8-20(15-21)28(29,30)31)22-11-10-19(16-32)14-23(22)26(37)33(3)12-7-13-39-5/h6,8-11,14-15,25H,7,12-13H2,1-5H3. The first-order valence-corrected chi connectivity index (χ1v) is 12.1. The van der Waals surface area contributed by atoms with Crippen molar-refractivity contribution in [2.75, 3.05) is 39.3 Å². The Bertz CT molecular complexity index is 1360. The second-order valence-electron chi connectivity index (χ2n) is 9.22. The number of carbonyl (C=O) groups excluding carboxylic acids is 3. The Morgan fingerprint density at radius 1 is 1.18 bits per heavy atom. The third-order valence-corrected chi connectivity index (χ3v) is 6.59. The highest BCUT2D eigenvalue weighted by Gasteiger charge is 2.41. The highest BCUT2D eigenvalue weighted by Crippen LogP contribution is 2.41. The van der Waals surface area contributed by atoms with Crippen molar-refractivity contribution < 1.29 is 32.3 Å². The summed E-state index contributed by atoms with van der Waals surface area (Å²) in [5, 5.41) is 9.47. The maximum Gasteiger partial charge on any atom is 0.416 e. The SMILES string of the molecule is COCCCN(C)C(=O)c1cc(C#N)ccc1C1C(C(C)=O)=C(C)N(c2cccc(C(F)(F)F)c2)C(=O)N1C. The predicted octanol–water partition coefficient (Wildman–Crippen LogP) is 5.16. The van der Waals surface area contributed by atoms with E-state index in [2.05, 4.69) is 0 Å².